The number of alkyl halides is 1. The molecule has 2 nitrogen and oxygen atoms in total. The van der Waals surface area contributed by atoms with Crippen LogP contribution in [0.3, 0.4) is 0 Å². The Hall–Kier alpha value is -0.0500. The molecule has 0 unspecified atom stereocenters. The van der Waals surface area contributed by atoms with Gasteiger partial charge in [0, 0.05) is 18.3 Å². The monoisotopic (exact) mass is 291 g/mol. The molecule has 0 atom stereocenters. The van der Waals surface area contributed by atoms with Gasteiger partial charge in [0.25, 0.3) is 0 Å². The van der Waals surface area contributed by atoms with Gasteiger partial charge in [-0.25, -0.2) is 0 Å². The Kier molecular flexibility index (Phi) is 13.0. The first-order valence-electron chi connectivity index (χ1n) is 6.64. The minimum Gasteiger partial charge on any atom is -0.356 e. The number of hydrogen-bond donors (Lipinski definition) is 1. The number of carbonyl (C=O) groups excluding carboxylic acids is 1. The van der Waals surface area contributed by atoms with Crippen molar-refractivity contribution in [3.8, 4) is 0 Å². The fraction of sp³-hybridized carbons (Fsp3) is 0.923. The van der Waals surface area contributed by atoms with Crippen LogP contribution < -0.4 is 5.32 Å². The average Bonchev–Trinajstić information content (AvgIpc) is 2.29. The normalized spacial score (nSPS) is 10.4. The molecule has 0 saturated heterocycles. The highest BCUT2D eigenvalue weighted by atomic mass is 79.9. The van der Waals surface area contributed by atoms with Crippen LogP contribution in [0.1, 0.15) is 64.7 Å². The van der Waals surface area contributed by atoms with Crippen molar-refractivity contribution >= 4 is 21.8 Å². The summed E-state index contributed by atoms with van der Waals surface area (Å²) in [5.74, 6) is 0.233. The van der Waals surface area contributed by atoms with Crippen LogP contribution in [0.2, 0.25) is 0 Å². The van der Waals surface area contributed by atoms with Gasteiger partial charge < -0.3 is 5.32 Å². The molecule has 0 aromatic carbocycles. The maximum atomic E-state index is 11.4. The van der Waals surface area contributed by atoms with Crippen LogP contribution in [0, 0.1) is 0 Å². The van der Waals surface area contributed by atoms with Crippen molar-refractivity contribution in [1.82, 2.24) is 5.32 Å². The van der Waals surface area contributed by atoms with Crippen molar-refractivity contribution in [2.75, 3.05) is 11.9 Å². The maximum absolute atomic E-state index is 11.4. The first-order valence-corrected chi connectivity index (χ1v) is 7.76. The van der Waals surface area contributed by atoms with Gasteiger partial charge in [-0.3, -0.25) is 4.79 Å². The molecule has 0 saturated carbocycles. The summed E-state index contributed by atoms with van der Waals surface area (Å²) < 4.78 is 0. The third kappa shape index (κ3) is 12.0. The second-order valence-electron chi connectivity index (χ2n) is 4.26. The number of rotatable bonds is 11. The van der Waals surface area contributed by atoms with Gasteiger partial charge in [0.2, 0.25) is 5.91 Å². The summed E-state index contributed by atoms with van der Waals surface area (Å²) in [6.07, 6.45) is 10.3. The fourth-order valence-electron chi connectivity index (χ4n) is 1.60. The summed E-state index contributed by atoms with van der Waals surface area (Å²) in [6, 6.07) is 0. The third-order valence-electron chi connectivity index (χ3n) is 2.64. The zero-order valence-electron chi connectivity index (χ0n) is 10.6. The van der Waals surface area contributed by atoms with Gasteiger partial charge >= 0.3 is 0 Å². The van der Waals surface area contributed by atoms with Crippen LogP contribution in [0.5, 0.6) is 0 Å². The van der Waals surface area contributed by atoms with Crippen LogP contribution in [0.4, 0.5) is 0 Å². The zero-order valence-corrected chi connectivity index (χ0v) is 12.2. The smallest absolute Gasteiger partial charge is 0.219 e. The van der Waals surface area contributed by atoms with Crippen LogP contribution in [0.25, 0.3) is 0 Å². The average molecular weight is 292 g/mol. The van der Waals surface area contributed by atoms with Gasteiger partial charge in [0.05, 0.1) is 0 Å². The number of halogens is 1. The van der Waals surface area contributed by atoms with Crippen LogP contribution in [-0.2, 0) is 4.79 Å². The minimum absolute atomic E-state index is 0.233. The molecule has 0 aliphatic carbocycles. The zero-order chi connectivity index (χ0) is 12.1. The molecule has 96 valence electrons. The van der Waals surface area contributed by atoms with Gasteiger partial charge in [0.15, 0.2) is 0 Å². The van der Waals surface area contributed by atoms with Crippen molar-refractivity contribution in [3.05, 3.63) is 0 Å². The molecule has 0 radical (unpaired) electrons. The van der Waals surface area contributed by atoms with Crippen molar-refractivity contribution in [3.63, 3.8) is 0 Å². The lowest BCUT2D eigenvalue weighted by Crippen LogP contribution is -2.23. The van der Waals surface area contributed by atoms with Gasteiger partial charge in [-0.2, -0.15) is 0 Å². The molecule has 0 aliphatic heterocycles. The standard InChI is InChI=1S/C13H26BrNO/c1-2-3-4-7-10-13(16)15-12-9-6-5-8-11-14/h2-12H2,1H3,(H,15,16). The molecule has 3 heteroatoms. The molecule has 0 rings (SSSR count). The third-order valence-corrected chi connectivity index (χ3v) is 3.20. The van der Waals surface area contributed by atoms with E-state index in [-0.39, 0.29) is 5.91 Å². The second kappa shape index (κ2) is 13.0. The van der Waals surface area contributed by atoms with Gasteiger partial charge in [0.1, 0.15) is 0 Å². The van der Waals surface area contributed by atoms with E-state index >= 15 is 0 Å². The topological polar surface area (TPSA) is 29.1 Å². The van der Waals surface area contributed by atoms with E-state index in [0.29, 0.717) is 6.42 Å². The Morgan fingerprint density at radius 1 is 1.00 bits per heavy atom. The van der Waals surface area contributed by atoms with Crippen LogP contribution in [0.15, 0.2) is 0 Å². The summed E-state index contributed by atoms with van der Waals surface area (Å²) in [5.41, 5.74) is 0. The van der Waals surface area contributed by atoms with E-state index in [2.05, 4.69) is 28.2 Å². The molecule has 16 heavy (non-hydrogen) atoms. The summed E-state index contributed by atoms with van der Waals surface area (Å²) in [4.78, 5) is 11.4. The summed E-state index contributed by atoms with van der Waals surface area (Å²) in [5, 5.41) is 4.08. The lowest BCUT2D eigenvalue weighted by molar-refractivity contribution is -0.121. The fourth-order valence-corrected chi connectivity index (χ4v) is 2.00. The van der Waals surface area contributed by atoms with E-state index in [4.69, 9.17) is 0 Å². The van der Waals surface area contributed by atoms with Crippen molar-refractivity contribution in [2.24, 2.45) is 0 Å². The summed E-state index contributed by atoms with van der Waals surface area (Å²) >= 11 is 3.41. The van der Waals surface area contributed by atoms with Crippen molar-refractivity contribution in [1.29, 1.82) is 0 Å². The van der Waals surface area contributed by atoms with E-state index in [1.165, 1.54) is 38.5 Å². The second-order valence-corrected chi connectivity index (χ2v) is 5.06. The highest BCUT2D eigenvalue weighted by molar-refractivity contribution is 9.09. The Bertz CT molecular complexity index is 162. The van der Waals surface area contributed by atoms with E-state index in [1.807, 2.05) is 0 Å². The lowest BCUT2D eigenvalue weighted by Gasteiger charge is -2.04. The predicted molar refractivity (Wildman–Crippen MR) is 74.0 cm³/mol. The molecule has 0 aromatic rings. The van der Waals surface area contributed by atoms with E-state index < -0.39 is 0 Å². The van der Waals surface area contributed by atoms with Gasteiger partial charge in [-0.15, -0.1) is 0 Å². The molecule has 1 amide bonds. The van der Waals surface area contributed by atoms with Crippen LogP contribution >= 0.6 is 15.9 Å². The molecule has 1 N–H and O–H groups in total. The first-order chi connectivity index (χ1) is 7.81. The Morgan fingerprint density at radius 3 is 2.38 bits per heavy atom. The molecular formula is C13H26BrNO. The minimum atomic E-state index is 0.233. The van der Waals surface area contributed by atoms with E-state index in [9.17, 15) is 4.79 Å². The van der Waals surface area contributed by atoms with E-state index in [1.54, 1.807) is 0 Å². The summed E-state index contributed by atoms with van der Waals surface area (Å²) in [7, 11) is 0. The molecule has 0 aliphatic rings. The van der Waals surface area contributed by atoms with Crippen LogP contribution in [-0.4, -0.2) is 17.8 Å². The molecule has 0 bridgehead atoms. The predicted octanol–water partition coefficient (Wildman–Crippen LogP) is 4.03. The van der Waals surface area contributed by atoms with E-state index in [0.717, 1.165) is 24.7 Å². The van der Waals surface area contributed by atoms with Gasteiger partial charge in [-0.1, -0.05) is 55.0 Å². The molecular weight excluding hydrogens is 266 g/mol. The molecule has 0 spiro atoms. The summed E-state index contributed by atoms with van der Waals surface area (Å²) in [6.45, 7) is 3.04. The largest absolute Gasteiger partial charge is 0.356 e. The van der Waals surface area contributed by atoms with Crippen molar-refractivity contribution in [2.45, 2.75) is 64.7 Å². The SMILES string of the molecule is CCCCCCC(=O)NCCCCCCBr. The quantitative estimate of drug-likeness (QED) is 0.452. The Morgan fingerprint density at radius 2 is 1.69 bits per heavy atom. The Labute approximate surface area is 109 Å². The maximum Gasteiger partial charge on any atom is 0.219 e. The number of carbonyl (C=O) groups is 1. The first kappa shape index (κ1) is 16.0. The van der Waals surface area contributed by atoms with Crippen molar-refractivity contribution < 1.29 is 4.79 Å². The number of nitrogens with one attached hydrogen (secondary N) is 1. The lowest BCUT2D eigenvalue weighted by atomic mass is 10.1. The Balaban J connectivity index is 3.11. The molecule has 0 fully saturated rings. The molecule has 0 aromatic heterocycles. The highest BCUT2D eigenvalue weighted by Gasteiger charge is 1.99. The number of hydrogen-bond acceptors (Lipinski definition) is 1. The van der Waals surface area contributed by atoms with Gasteiger partial charge in [-0.05, 0) is 19.3 Å². The molecule has 0 heterocycles. The highest BCUT2D eigenvalue weighted by Crippen LogP contribution is 2.03. The number of unbranched alkanes of at least 4 members (excludes halogenated alkanes) is 6. The number of amides is 1.